The summed E-state index contributed by atoms with van der Waals surface area (Å²) < 4.78 is 13.1. The molecule has 1 aliphatic heterocycles. The van der Waals surface area contributed by atoms with Crippen LogP contribution in [-0.4, -0.2) is 27.8 Å². The molecule has 170 valence electrons. The van der Waals surface area contributed by atoms with Gasteiger partial charge in [-0.3, -0.25) is 4.79 Å². The third-order valence-corrected chi connectivity index (χ3v) is 5.55. The maximum Gasteiger partial charge on any atom is 0.255 e. The van der Waals surface area contributed by atoms with E-state index in [1.807, 2.05) is 73.7 Å². The molecule has 0 radical (unpaired) electrons. The Kier molecular flexibility index (Phi) is 5.70. The van der Waals surface area contributed by atoms with Crippen molar-refractivity contribution in [2.45, 2.75) is 13.0 Å². The molecule has 34 heavy (non-hydrogen) atoms. The van der Waals surface area contributed by atoms with Gasteiger partial charge in [0, 0.05) is 5.70 Å². The van der Waals surface area contributed by atoms with Crippen molar-refractivity contribution in [2.75, 3.05) is 17.7 Å². The normalized spacial score (nSPS) is 14.7. The number of nitrogens with one attached hydrogen (secondary N) is 2. The zero-order valence-electron chi connectivity index (χ0n) is 18.7. The number of carbonyl (C=O) groups excluding carboxylic acids is 1. The van der Waals surface area contributed by atoms with E-state index in [2.05, 4.69) is 20.7 Å². The number of nitrogens with zero attached hydrogens (tertiary/aromatic N) is 3. The second kappa shape index (κ2) is 9.11. The van der Waals surface area contributed by atoms with Crippen molar-refractivity contribution in [1.82, 2.24) is 14.8 Å². The summed E-state index contributed by atoms with van der Waals surface area (Å²) in [4.78, 5) is 17.9. The molecule has 0 spiro atoms. The Hall–Kier alpha value is -4.59. The van der Waals surface area contributed by atoms with Crippen molar-refractivity contribution < 1.29 is 14.3 Å². The molecule has 2 heterocycles. The van der Waals surface area contributed by atoms with Crippen LogP contribution in [0.1, 0.15) is 18.5 Å². The molecule has 8 heteroatoms. The molecule has 1 aromatic heterocycles. The number of para-hydroxylation sites is 3. The topological polar surface area (TPSA) is 90.3 Å². The zero-order valence-corrected chi connectivity index (χ0v) is 18.7. The van der Waals surface area contributed by atoms with Gasteiger partial charge in [0.15, 0.2) is 0 Å². The number of benzene rings is 3. The fourth-order valence-electron chi connectivity index (χ4n) is 4.00. The number of amides is 1. The Morgan fingerprint density at radius 2 is 1.76 bits per heavy atom. The molecule has 2 N–H and O–H groups in total. The first-order valence-electron chi connectivity index (χ1n) is 10.8. The lowest BCUT2D eigenvalue weighted by Gasteiger charge is -2.29. The molecular formula is C26H23N5O3. The highest BCUT2D eigenvalue weighted by Crippen LogP contribution is 2.37. The van der Waals surface area contributed by atoms with E-state index < -0.39 is 6.04 Å². The lowest BCUT2D eigenvalue weighted by molar-refractivity contribution is -0.113. The number of carbonyl (C=O) groups is 1. The lowest BCUT2D eigenvalue weighted by Crippen LogP contribution is -2.31. The van der Waals surface area contributed by atoms with Gasteiger partial charge in [0.2, 0.25) is 5.95 Å². The summed E-state index contributed by atoms with van der Waals surface area (Å²) in [6, 6.07) is 24.0. The molecule has 8 nitrogen and oxygen atoms in total. The summed E-state index contributed by atoms with van der Waals surface area (Å²) in [5, 5.41) is 10.6. The van der Waals surface area contributed by atoms with Gasteiger partial charge in [-0.15, -0.1) is 0 Å². The first kappa shape index (κ1) is 21.3. The van der Waals surface area contributed by atoms with Gasteiger partial charge in [0.05, 0.1) is 18.4 Å². The molecule has 0 aliphatic carbocycles. The van der Waals surface area contributed by atoms with Gasteiger partial charge >= 0.3 is 0 Å². The molecule has 5 rings (SSSR count). The number of methoxy groups -OCH3 is 1. The standard InChI is InChI=1S/C26H23N5O3/c1-17-23(25(32)30-21-13-6-7-14-22(21)33-2)24(31-26(29-17)27-16-28-31)18-9-8-12-20(15-18)34-19-10-4-3-5-11-19/h3-16,24H,1-2H3,(H,30,32)(H,27,28,29)/t24-/m0/s1. The average molecular weight is 454 g/mol. The number of hydrogen-bond acceptors (Lipinski definition) is 6. The van der Waals surface area contributed by atoms with Crippen LogP contribution in [0.25, 0.3) is 0 Å². The van der Waals surface area contributed by atoms with Gasteiger partial charge in [-0.05, 0) is 48.9 Å². The maximum atomic E-state index is 13.6. The molecule has 0 fully saturated rings. The molecule has 4 aromatic rings. The predicted molar refractivity (Wildman–Crippen MR) is 129 cm³/mol. The number of allylic oxidation sites excluding steroid dienone is 1. The molecule has 0 saturated carbocycles. The first-order valence-corrected chi connectivity index (χ1v) is 10.8. The summed E-state index contributed by atoms with van der Waals surface area (Å²) in [5.41, 5.74) is 2.62. The van der Waals surface area contributed by atoms with E-state index in [9.17, 15) is 4.79 Å². The number of anilines is 2. The van der Waals surface area contributed by atoms with Gasteiger partial charge in [0.25, 0.3) is 5.91 Å². The third-order valence-electron chi connectivity index (χ3n) is 5.55. The number of ether oxygens (including phenoxy) is 2. The first-order chi connectivity index (χ1) is 16.6. The number of rotatable bonds is 6. The van der Waals surface area contributed by atoms with E-state index in [4.69, 9.17) is 9.47 Å². The SMILES string of the molecule is COc1ccccc1NC(=O)C1=C(C)Nc2ncnn2[C@H]1c1cccc(Oc2ccccc2)c1. The molecular weight excluding hydrogens is 430 g/mol. The van der Waals surface area contributed by atoms with Crippen LogP contribution in [0.5, 0.6) is 17.2 Å². The summed E-state index contributed by atoms with van der Waals surface area (Å²) in [6.07, 6.45) is 1.47. The fraction of sp³-hybridized carbons (Fsp3) is 0.115. The lowest BCUT2D eigenvalue weighted by atomic mass is 9.94. The van der Waals surface area contributed by atoms with Crippen molar-refractivity contribution >= 4 is 17.5 Å². The molecule has 1 amide bonds. The van der Waals surface area contributed by atoms with E-state index >= 15 is 0 Å². The molecule has 1 aliphatic rings. The van der Waals surface area contributed by atoms with Gasteiger partial charge in [-0.25, -0.2) is 4.68 Å². The van der Waals surface area contributed by atoms with E-state index in [-0.39, 0.29) is 5.91 Å². The van der Waals surface area contributed by atoms with Gasteiger partial charge in [-0.1, -0.05) is 42.5 Å². The molecule has 1 atom stereocenters. The van der Waals surface area contributed by atoms with E-state index in [1.165, 1.54) is 6.33 Å². The molecule has 0 unspecified atom stereocenters. The highest BCUT2D eigenvalue weighted by molar-refractivity contribution is 6.06. The second-order valence-corrected chi connectivity index (χ2v) is 7.74. The van der Waals surface area contributed by atoms with Crippen molar-refractivity contribution in [3.05, 3.63) is 102 Å². The second-order valence-electron chi connectivity index (χ2n) is 7.74. The van der Waals surface area contributed by atoms with Crippen LogP contribution >= 0.6 is 0 Å². The van der Waals surface area contributed by atoms with Crippen LogP contribution < -0.4 is 20.1 Å². The summed E-state index contributed by atoms with van der Waals surface area (Å²) >= 11 is 0. The van der Waals surface area contributed by atoms with Crippen LogP contribution in [0.3, 0.4) is 0 Å². The van der Waals surface area contributed by atoms with Crippen molar-refractivity contribution in [3.8, 4) is 17.2 Å². The smallest absolute Gasteiger partial charge is 0.255 e. The van der Waals surface area contributed by atoms with Crippen LogP contribution in [0.2, 0.25) is 0 Å². The minimum absolute atomic E-state index is 0.268. The van der Waals surface area contributed by atoms with Crippen LogP contribution in [0.15, 0.2) is 96.5 Å². The van der Waals surface area contributed by atoms with Gasteiger partial charge in [-0.2, -0.15) is 10.1 Å². The van der Waals surface area contributed by atoms with Crippen molar-refractivity contribution in [2.24, 2.45) is 0 Å². The minimum atomic E-state index is -0.507. The largest absolute Gasteiger partial charge is 0.495 e. The fourth-order valence-corrected chi connectivity index (χ4v) is 4.00. The predicted octanol–water partition coefficient (Wildman–Crippen LogP) is 5.01. The quantitative estimate of drug-likeness (QED) is 0.427. The third kappa shape index (κ3) is 4.09. The monoisotopic (exact) mass is 453 g/mol. The zero-order chi connectivity index (χ0) is 23.5. The molecule has 3 aromatic carbocycles. The van der Waals surface area contributed by atoms with E-state index in [0.717, 1.165) is 11.3 Å². The van der Waals surface area contributed by atoms with Gasteiger partial charge in [0.1, 0.15) is 29.6 Å². The average Bonchev–Trinajstić information content (AvgIpc) is 3.32. The Morgan fingerprint density at radius 3 is 2.59 bits per heavy atom. The van der Waals surface area contributed by atoms with E-state index in [0.29, 0.717) is 34.4 Å². The van der Waals surface area contributed by atoms with Crippen LogP contribution in [-0.2, 0) is 4.79 Å². The maximum absolute atomic E-state index is 13.6. The van der Waals surface area contributed by atoms with Gasteiger partial charge < -0.3 is 20.1 Å². The van der Waals surface area contributed by atoms with E-state index in [1.54, 1.807) is 23.9 Å². The summed E-state index contributed by atoms with van der Waals surface area (Å²) in [6.45, 7) is 1.85. The van der Waals surface area contributed by atoms with Crippen LogP contribution in [0.4, 0.5) is 11.6 Å². The number of aromatic nitrogens is 3. The Morgan fingerprint density at radius 1 is 1.00 bits per heavy atom. The summed E-state index contributed by atoms with van der Waals surface area (Å²) in [7, 11) is 1.57. The highest BCUT2D eigenvalue weighted by atomic mass is 16.5. The number of fused-ring (bicyclic) bond motifs is 1. The van der Waals surface area contributed by atoms with Crippen molar-refractivity contribution in [1.29, 1.82) is 0 Å². The Labute approximate surface area is 196 Å². The minimum Gasteiger partial charge on any atom is -0.495 e. The summed E-state index contributed by atoms with van der Waals surface area (Å²) in [5.74, 6) is 2.26. The Bertz CT molecular complexity index is 1360. The molecule has 0 saturated heterocycles. The van der Waals surface area contributed by atoms with Crippen molar-refractivity contribution in [3.63, 3.8) is 0 Å². The molecule has 0 bridgehead atoms. The highest BCUT2D eigenvalue weighted by Gasteiger charge is 2.34. The Balaban J connectivity index is 1.53. The van der Waals surface area contributed by atoms with Crippen LogP contribution in [0, 0.1) is 0 Å². The number of hydrogen-bond donors (Lipinski definition) is 2.